The number of halogens is 2. The number of nitrogens with one attached hydrogen (secondary N) is 2. The van der Waals surface area contributed by atoms with Crippen LogP contribution in [0.2, 0.25) is 5.02 Å². The molecular formula is C13H16ClFN2O2S. The number of piperidine rings is 1. The van der Waals surface area contributed by atoms with Crippen LogP contribution < -0.4 is 10.0 Å². The highest BCUT2D eigenvalue weighted by Crippen LogP contribution is 2.29. The van der Waals surface area contributed by atoms with Gasteiger partial charge in [-0.3, -0.25) is 0 Å². The fourth-order valence-corrected chi connectivity index (χ4v) is 4.89. The van der Waals surface area contributed by atoms with Crippen LogP contribution in [0.25, 0.3) is 0 Å². The van der Waals surface area contributed by atoms with Crippen LogP contribution in [0.5, 0.6) is 0 Å². The molecule has 2 unspecified atom stereocenters. The summed E-state index contributed by atoms with van der Waals surface area (Å²) in [6, 6.07) is 4.01. The smallest absolute Gasteiger partial charge is 0.242 e. The number of hydrogen-bond donors (Lipinski definition) is 2. The fourth-order valence-electron chi connectivity index (χ4n) is 3.12. The summed E-state index contributed by atoms with van der Waals surface area (Å²) in [6.45, 7) is 0. The Morgan fingerprint density at radius 3 is 2.55 bits per heavy atom. The molecular weight excluding hydrogens is 303 g/mol. The molecule has 2 aliphatic heterocycles. The van der Waals surface area contributed by atoms with E-state index in [4.69, 9.17) is 11.6 Å². The van der Waals surface area contributed by atoms with Crippen molar-refractivity contribution in [2.45, 2.75) is 48.7 Å². The Kier molecular flexibility index (Phi) is 3.75. The van der Waals surface area contributed by atoms with Crippen molar-refractivity contribution in [3.63, 3.8) is 0 Å². The number of benzene rings is 1. The Hall–Kier alpha value is -0.690. The molecule has 2 bridgehead atoms. The standard InChI is InChI=1S/C13H16ClFN2O2S/c14-12-4-1-8(15)5-13(12)20(18,19)17-11-6-9-2-3-10(7-11)16-9/h1,4-5,9-11,16-17H,2-3,6-7H2. The normalized spacial score (nSPS) is 29.6. The molecule has 2 saturated heterocycles. The second-order valence-corrected chi connectivity index (χ2v) is 7.59. The van der Waals surface area contributed by atoms with Crippen LogP contribution in [0.3, 0.4) is 0 Å². The van der Waals surface area contributed by atoms with Gasteiger partial charge in [-0.15, -0.1) is 0 Å². The van der Waals surface area contributed by atoms with Gasteiger partial charge in [0, 0.05) is 18.1 Å². The molecule has 1 aromatic carbocycles. The van der Waals surface area contributed by atoms with Crippen molar-refractivity contribution >= 4 is 21.6 Å². The Balaban J connectivity index is 1.80. The quantitative estimate of drug-likeness (QED) is 0.896. The van der Waals surface area contributed by atoms with E-state index >= 15 is 0 Å². The summed E-state index contributed by atoms with van der Waals surface area (Å²) in [7, 11) is -3.78. The topological polar surface area (TPSA) is 58.2 Å². The van der Waals surface area contributed by atoms with Crippen molar-refractivity contribution in [1.29, 1.82) is 0 Å². The van der Waals surface area contributed by atoms with E-state index in [-0.39, 0.29) is 16.0 Å². The second-order valence-electron chi connectivity index (χ2n) is 5.50. The highest BCUT2D eigenvalue weighted by atomic mass is 35.5. The van der Waals surface area contributed by atoms with E-state index in [1.807, 2.05) is 0 Å². The lowest BCUT2D eigenvalue weighted by Crippen LogP contribution is -2.47. The average Bonchev–Trinajstić information content (AvgIpc) is 2.71. The summed E-state index contributed by atoms with van der Waals surface area (Å²) in [5.74, 6) is -0.611. The van der Waals surface area contributed by atoms with Gasteiger partial charge >= 0.3 is 0 Å². The molecule has 2 atom stereocenters. The predicted molar refractivity (Wildman–Crippen MR) is 74.7 cm³/mol. The van der Waals surface area contributed by atoms with Gasteiger partial charge in [0.15, 0.2) is 0 Å². The largest absolute Gasteiger partial charge is 0.311 e. The monoisotopic (exact) mass is 318 g/mol. The lowest BCUT2D eigenvalue weighted by atomic mass is 10.0. The van der Waals surface area contributed by atoms with Gasteiger partial charge < -0.3 is 5.32 Å². The molecule has 0 aliphatic carbocycles. The van der Waals surface area contributed by atoms with Gasteiger partial charge in [0.25, 0.3) is 0 Å². The number of hydrogen-bond acceptors (Lipinski definition) is 3. The predicted octanol–water partition coefficient (Wildman–Crippen LogP) is 2.04. The van der Waals surface area contributed by atoms with Gasteiger partial charge in [-0.1, -0.05) is 11.6 Å². The third-order valence-corrected chi connectivity index (χ3v) is 5.98. The Morgan fingerprint density at radius 2 is 1.90 bits per heavy atom. The second kappa shape index (κ2) is 5.26. The molecule has 2 N–H and O–H groups in total. The minimum absolute atomic E-state index is 0.0378. The van der Waals surface area contributed by atoms with Crippen molar-refractivity contribution in [3.05, 3.63) is 29.0 Å². The maximum Gasteiger partial charge on any atom is 0.242 e. The van der Waals surface area contributed by atoms with Gasteiger partial charge in [0.05, 0.1) is 5.02 Å². The van der Waals surface area contributed by atoms with E-state index in [1.165, 1.54) is 6.07 Å². The molecule has 20 heavy (non-hydrogen) atoms. The van der Waals surface area contributed by atoms with E-state index in [9.17, 15) is 12.8 Å². The Morgan fingerprint density at radius 1 is 1.25 bits per heavy atom. The van der Waals surface area contributed by atoms with E-state index in [0.29, 0.717) is 12.1 Å². The lowest BCUT2D eigenvalue weighted by molar-refractivity contribution is 0.345. The van der Waals surface area contributed by atoms with Crippen LogP contribution in [-0.2, 0) is 10.0 Å². The van der Waals surface area contributed by atoms with Crippen LogP contribution in [0, 0.1) is 5.82 Å². The summed E-state index contributed by atoms with van der Waals surface area (Å²) < 4.78 is 40.5. The molecule has 4 nitrogen and oxygen atoms in total. The molecule has 1 aromatic rings. The molecule has 2 heterocycles. The molecule has 7 heteroatoms. The number of rotatable bonds is 3. The molecule has 2 fully saturated rings. The summed E-state index contributed by atoms with van der Waals surface area (Å²) in [6.07, 6.45) is 3.71. The SMILES string of the molecule is O=S(=O)(NC1CC2CCC(C1)N2)c1cc(F)ccc1Cl. The zero-order chi connectivity index (χ0) is 14.3. The van der Waals surface area contributed by atoms with Crippen molar-refractivity contribution in [1.82, 2.24) is 10.0 Å². The minimum atomic E-state index is -3.78. The third-order valence-electron chi connectivity index (χ3n) is 3.98. The summed E-state index contributed by atoms with van der Waals surface area (Å²) in [4.78, 5) is -0.190. The summed E-state index contributed by atoms with van der Waals surface area (Å²) >= 11 is 5.87. The first-order chi connectivity index (χ1) is 9.44. The molecule has 0 aromatic heterocycles. The Labute approximate surface area is 122 Å². The highest BCUT2D eigenvalue weighted by molar-refractivity contribution is 7.89. The van der Waals surface area contributed by atoms with E-state index in [0.717, 1.165) is 37.8 Å². The van der Waals surface area contributed by atoms with Crippen LogP contribution in [0.15, 0.2) is 23.1 Å². The van der Waals surface area contributed by atoms with Crippen molar-refractivity contribution < 1.29 is 12.8 Å². The number of fused-ring (bicyclic) bond motifs is 2. The molecule has 0 spiro atoms. The Bertz CT molecular complexity index is 611. The van der Waals surface area contributed by atoms with Crippen molar-refractivity contribution in [3.8, 4) is 0 Å². The van der Waals surface area contributed by atoms with Gasteiger partial charge in [-0.2, -0.15) is 0 Å². The third kappa shape index (κ3) is 2.83. The van der Waals surface area contributed by atoms with Gasteiger partial charge in [0.1, 0.15) is 10.7 Å². The van der Waals surface area contributed by atoms with Crippen molar-refractivity contribution in [2.75, 3.05) is 0 Å². The lowest BCUT2D eigenvalue weighted by Gasteiger charge is -2.29. The molecule has 2 aliphatic rings. The molecule has 0 amide bonds. The zero-order valence-electron chi connectivity index (χ0n) is 10.8. The van der Waals surface area contributed by atoms with Crippen LogP contribution in [0.1, 0.15) is 25.7 Å². The summed E-state index contributed by atoms with van der Waals surface area (Å²) in [5, 5.41) is 3.48. The first kappa shape index (κ1) is 14.3. The molecule has 3 rings (SSSR count). The fraction of sp³-hybridized carbons (Fsp3) is 0.538. The summed E-state index contributed by atoms with van der Waals surface area (Å²) in [5.41, 5.74) is 0. The van der Waals surface area contributed by atoms with Gasteiger partial charge in [0.2, 0.25) is 10.0 Å². The van der Waals surface area contributed by atoms with Gasteiger partial charge in [-0.05, 0) is 43.9 Å². The van der Waals surface area contributed by atoms with Crippen LogP contribution >= 0.6 is 11.6 Å². The molecule has 110 valence electrons. The van der Waals surface area contributed by atoms with E-state index < -0.39 is 15.8 Å². The molecule has 0 radical (unpaired) electrons. The first-order valence-corrected chi connectivity index (χ1v) is 8.53. The average molecular weight is 319 g/mol. The zero-order valence-corrected chi connectivity index (χ0v) is 12.3. The van der Waals surface area contributed by atoms with Gasteiger partial charge in [-0.25, -0.2) is 17.5 Å². The van der Waals surface area contributed by atoms with Crippen LogP contribution in [0.4, 0.5) is 4.39 Å². The minimum Gasteiger partial charge on any atom is -0.311 e. The van der Waals surface area contributed by atoms with Crippen LogP contribution in [-0.4, -0.2) is 26.5 Å². The molecule has 0 saturated carbocycles. The maximum absolute atomic E-state index is 13.2. The van der Waals surface area contributed by atoms with E-state index in [2.05, 4.69) is 10.0 Å². The number of sulfonamides is 1. The highest BCUT2D eigenvalue weighted by Gasteiger charge is 2.35. The first-order valence-electron chi connectivity index (χ1n) is 6.67. The van der Waals surface area contributed by atoms with Crippen molar-refractivity contribution in [2.24, 2.45) is 0 Å². The van der Waals surface area contributed by atoms with E-state index in [1.54, 1.807) is 0 Å². The maximum atomic E-state index is 13.2.